The molecule has 4 aromatic rings. The first-order valence-corrected chi connectivity index (χ1v) is 33.2. The number of hydrogen-bond acceptors (Lipinski definition) is 16. The van der Waals surface area contributed by atoms with E-state index in [1.54, 1.807) is 126 Å². The standard InChI is InChI=1S/C74H88F2N6O16/c1-41-54(40-74(95)65(98-69(93)47-23-15-10-16-24-47)63-72(6)35-34-49(72)38-55(84)73(63,7)64(89)42(2)60(41)71(74,4)5)96-70(94)62(61(45-19-11-8-12-20-45)82-68(92)46-21-13-9-14-22-46)97-59(88)33-32-56(85)79-36-18-17-25-52(67(78)91)81-58(87)31-28-48(66(77)90)37-53(83)43(3)80-57(86)30-27-44-26-29-50(75)39-51(44)76/h8-16,19-24,26-27,29-30,39,42-43,48-49,52,54-55,61-63,65,84,95H,17-18,25,28,31-38,40H2,1-7H3,(H2,77,90)(H2,78,91)(H,79,85)(H,80,86)(H,81,87)(H,82,92)/b30-27+/t42-,43?,48-,49-,52?,54+,55+,61-,62-,63-,65+,72-,73-,74-/m1/s1. The number of Topliss-reactive ketones (excluding diaryl/α,β-unsaturated/α-hetero) is 2. The number of carbonyl (C=O) groups is 11. The number of benzene rings is 4. The molecule has 10 N–H and O–H groups in total. The monoisotopic (exact) mass is 1350 g/mol. The van der Waals surface area contributed by atoms with Gasteiger partial charge in [-0.2, -0.15) is 0 Å². The van der Waals surface area contributed by atoms with E-state index in [2.05, 4.69) is 21.3 Å². The predicted molar refractivity (Wildman–Crippen MR) is 354 cm³/mol. The zero-order chi connectivity index (χ0) is 71.6. The van der Waals surface area contributed by atoms with E-state index in [1.165, 1.54) is 6.92 Å². The molecule has 0 saturated heterocycles. The smallest absolute Gasteiger partial charge is 0.350 e. The lowest BCUT2D eigenvalue weighted by Crippen LogP contribution is -2.74. The van der Waals surface area contributed by atoms with E-state index in [9.17, 15) is 62.1 Å². The molecule has 0 heterocycles. The van der Waals surface area contributed by atoms with Gasteiger partial charge >= 0.3 is 17.9 Å². The third kappa shape index (κ3) is 16.5. The maximum absolute atomic E-state index is 15.5. The number of halogens is 2. The second kappa shape index (κ2) is 31.5. The first kappa shape index (κ1) is 74.5. The molecule has 2 bridgehead atoms. The summed E-state index contributed by atoms with van der Waals surface area (Å²) in [7, 11) is 0. The molecule has 0 radical (unpaired) electrons. The number of aliphatic hydroxyl groups excluding tert-OH is 1. The quantitative estimate of drug-likeness (QED) is 0.00885. The summed E-state index contributed by atoms with van der Waals surface area (Å²) in [5, 5.41) is 36.6. The van der Waals surface area contributed by atoms with E-state index >= 15 is 9.59 Å². The van der Waals surface area contributed by atoms with Gasteiger partial charge in [-0.05, 0) is 136 Å². The average molecular weight is 1360 g/mol. The topological polar surface area (TPSA) is 356 Å². The molecule has 98 heavy (non-hydrogen) atoms. The van der Waals surface area contributed by atoms with Crippen molar-refractivity contribution < 1.29 is 85.9 Å². The van der Waals surface area contributed by atoms with Gasteiger partial charge in [0, 0.05) is 78.7 Å². The van der Waals surface area contributed by atoms with Gasteiger partial charge in [0.2, 0.25) is 35.6 Å². The number of primary amides is 2. The van der Waals surface area contributed by atoms with Crippen LogP contribution in [-0.4, -0.2) is 124 Å². The Bertz CT molecular complexity index is 3740. The van der Waals surface area contributed by atoms with Crippen molar-refractivity contribution in [2.45, 2.75) is 174 Å². The fourth-order valence-corrected chi connectivity index (χ4v) is 15.1. The van der Waals surface area contributed by atoms with Crippen molar-refractivity contribution in [1.82, 2.24) is 21.3 Å². The van der Waals surface area contributed by atoms with Crippen molar-refractivity contribution >= 4 is 71.0 Å². The maximum Gasteiger partial charge on any atom is 0.350 e. The first-order valence-electron chi connectivity index (χ1n) is 33.2. The van der Waals surface area contributed by atoms with Crippen LogP contribution in [0.15, 0.2) is 126 Å². The number of esters is 3. The molecule has 6 amide bonds. The van der Waals surface area contributed by atoms with E-state index in [0.717, 1.165) is 30.7 Å². The summed E-state index contributed by atoms with van der Waals surface area (Å²) >= 11 is 0. The minimum atomic E-state index is -2.12. The molecule has 14 atom stereocenters. The maximum atomic E-state index is 15.5. The number of unbranched alkanes of at least 4 members (excludes halogenated alkanes) is 1. The number of fused-ring (bicyclic) bond motifs is 5. The Kier molecular flexibility index (Phi) is 23.9. The van der Waals surface area contributed by atoms with Crippen LogP contribution in [0.4, 0.5) is 8.78 Å². The molecular weight excluding hydrogens is 1270 g/mol. The van der Waals surface area contributed by atoms with Gasteiger partial charge in [0.1, 0.15) is 47.3 Å². The minimum absolute atomic E-state index is 0.0271. The summed E-state index contributed by atoms with van der Waals surface area (Å²) in [6.07, 6.45) is -4.16. The number of ketones is 2. The summed E-state index contributed by atoms with van der Waals surface area (Å²) < 4.78 is 46.4. The molecule has 0 aromatic heterocycles. The van der Waals surface area contributed by atoms with Gasteiger partial charge in [0.15, 0.2) is 5.78 Å². The molecule has 524 valence electrons. The average Bonchev–Trinajstić information content (AvgIpc) is 0.674. The fraction of sp³-hybridized carbons (Fsp3) is 0.473. The SMILES string of the molecule is CC1=C2[C@@H](C)C(=O)[C@@]3(C)[C@H]([C@H](OC(=O)c4ccccc4)[C@](O)(C[C@@H]1OC(=O)[C@H](OC(=O)CCC(=O)NCCCCC(NC(=O)CC[C@H](CC(=O)C(C)NC(=O)/C=C/c1ccc(F)cc1F)C(N)=O)C(N)=O)[C@H](NC(=O)c1ccccc1)c1ccccc1)C2(C)C)[C@]1(C)CC[C@@H]1C[C@@H]3O. The van der Waals surface area contributed by atoms with Gasteiger partial charge in [-0.3, -0.25) is 43.2 Å². The number of nitrogens with two attached hydrogens (primary N) is 2. The molecule has 3 fully saturated rings. The Morgan fingerprint density at radius 2 is 1.41 bits per heavy atom. The molecule has 0 spiro atoms. The Labute approximate surface area is 567 Å². The van der Waals surface area contributed by atoms with E-state index < -0.39 is 179 Å². The molecule has 0 aliphatic heterocycles. The van der Waals surface area contributed by atoms with Gasteiger partial charge in [0.05, 0.1) is 29.5 Å². The number of carbonyl (C=O) groups excluding carboxylic acids is 11. The third-order valence-electron chi connectivity index (χ3n) is 20.9. The van der Waals surface area contributed by atoms with E-state index in [4.69, 9.17) is 25.7 Å². The second-order valence-corrected chi connectivity index (χ2v) is 27.4. The van der Waals surface area contributed by atoms with Crippen molar-refractivity contribution in [3.63, 3.8) is 0 Å². The fourth-order valence-electron chi connectivity index (χ4n) is 15.1. The summed E-state index contributed by atoms with van der Waals surface area (Å²) in [4.78, 5) is 150. The van der Waals surface area contributed by atoms with Gasteiger partial charge in [0.25, 0.3) is 5.91 Å². The summed E-state index contributed by atoms with van der Waals surface area (Å²) in [5.41, 5.74) is 6.85. The van der Waals surface area contributed by atoms with Crippen LogP contribution in [0.3, 0.4) is 0 Å². The Morgan fingerprint density at radius 3 is 2.02 bits per heavy atom. The molecule has 4 aliphatic carbocycles. The summed E-state index contributed by atoms with van der Waals surface area (Å²) in [6, 6.07) is 23.5. The zero-order valence-electron chi connectivity index (χ0n) is 56.1. The van der Waals surface area contributed by atoms with E-state index in [0.29, 0.717) is 35.6 Å². The van der Waals surface area contributed by atoms with E-state index in [1.807, 2.05) is 6.92 Å². The highest BCUT2D eigenvalue weighted by Gasteiger charge is 2.74. The molecule has 4 aliphatic rings. The normalized spacial score (nSPS) is 25.3. The number of rotatable bonds is 29. The predicted octanol–water partition coefficient (Wildman–Crippen LogP) is 7.08. The van der Waals surface area contributed by atoms with Crippen LogP contribution >= 0.6 is 0 Å². The highest BCUT2D eigenvalue weighted by atomic mass is 19.1. The molecule has 2 unspecified atom stereocenters. The lowest BCUT2D eigenvalue weighted by atomic mass is 9.37. The van der Waals surface area contributed by atoms with Crippen LogP contribution in [0, 0.1) is 51.6 Å². The van der Waals surface area contributed by atoms with Gasteiger partial charge in [-0.15, -0.1) is 0 Å². The number of aliphatic hydroxyl groups is 2. The molecule has 4 aromatic carbocycles. The van der Waals surface area contributed by atoms with Crippen molar-refractivity contribution in [1.29, 1.82) is 0 Å². The van der Waals surface area contributed by atoms with Crippen molar-refractivity contribution in [3.05, 3.63) is 160 Å². The number of nitrogens with one attached hydrogen (secondary N) is 4. The largest absolute Gasteiger partial charge is 0.455 e. The van der Waals surface area contributed by atoms with Gasteiger partial charge in [-0.1, -0.05) is 94.4 Å². The zero-order valence-corrected chi connectivity index (χ0v) is 56.1. The van der Waals surface area contributed by atoms with Crippen LogP contribution in [0.2, 0.25) is 0 Å². The van der Waals surface area contributed by atoms with E-state index in [-0.39, 0.29) is 67.0 Å². The van der Waals surface area contributed by atoms with Crippen LogP contribution in [0.5, 0.6) is 0 Å². The lowest BCUT2D eigenvalue weighted by Gasteiger charge is -2.68. The van der Waals surface area contributed by atoms with Crippen LogP contribution in [0.1, 0.15) is 163 Å². The van der Waals surface area contributed by atoms with Crippen molar-refractivity contribution in [2.24, 2.45) is 51.4 Å². The van der Waals surface area contributed by atoms with Crippen LogP contribution < -0.4 is 32.7 Å². The third-order valence-corrected chi connectivity index (χ3v) is 20.9. The Balaban J connectivity index is 0.929. The number of ether oxygens (including phenoxy) is 3. The summed E-state index contributed by atoms with van der Waals surface area (Å²) in [5.74, 6) is -13.3. The van der Waals surface area contributed by atoms with Gasteiger partial charge in [-0.25, -0.2) is 18.4 Å². The second-order valence-electron chi connectivity index (χ2n) is 27.4. The Morgan fingerprint density at radius 1 is 0.765 bits per heavy atom. The van der Waals surface area contributed by atoms with Gasteiger partial charge < -0.3 is 57.2 Å². The lowest BCUT2D eigenvalue weighted by molar-refractivity contribution is -0.265. The highest BCUT2D eigenvalue weighted by Crippen LogP contribution is 2.70. The number of hydrogen-bond donors (Lipinski definition) is 8. The Hall–Kier alpha value is -9.29. The minimum Gasteiger partial charge on any atom is -0.455 e. The molecule has 3 saturated carbocycles. The molecule has 22 nitrogen and oxygen atoms in total. The molecule has 8 rings (SSSR count). The van der Waals surface area contributed by atoms with Crippen molar-refractivity contribution in [3.8, 4) is 0 Å². The number of amides is 6. The first-order chi connectivity index (χ1) is 46.3. The molecule has 24 heteroatoms. The summed E-state index contributed by atoms with van der Waals surface area (Å²) in [6.45, 7) is 12.0. The van der Waals surface area contributed by atoms with Crippen LogP contribution in [0.25, 0.3) is 6.08 Å². The van der Waals surface area contributed by atoms with Crippen molar-refractivity contribution in [2.75, 3.05) is 6.54 Å². The highest BCUT2D eigenvalue weighted by molar-refractivity contribution is 5.98. The van der Waals surface area contributed by atoms with Crippen LogP contribution in [-0.2, 0) is 57.4 Å². The molecular formula is C74H88F2N6O16.